The van der Waals surface area contributed by atoms with Gasteiger partial charge < -0.3 is 5.32 Å². The summed E-state index contributed by atoms with van der Waals surface area (Å²) in [6.45, 7) is 5.15. The summed E-state index contributed by atoms with van der Waals surface area (Å²) >= 11 is 0. The van der Waals surface area contributed by atoms with Crippen LogP contribution in [0.5, 0.6) is 0 Å². The van der Waals surface area contributed by atoms with Crippen LogP contribution in [-0.2, 0) is 6.18 Å². The first kappa shape index (κ1) is 16.5. The lowest BCUT2D eigenvalue weighted by molar-refractivity contribution is -0.137. The zero-order valence-corrected chi connectivity index (χ0v) is 12.2. The highest BCUT2D eigenvalue weighted by Gasteiger charge is 2.30. The van der Waals surface area contributed by atoms with Gasteiger partial charge in [-0.15, -0.1) is 0 Å². The van der Waals surface area contributed by atoms with E-state index in [4.69, 9.17) is 0 Å². The van der Waals surface area contributed by atoms with E-state index >= 15 is 0 Å². The van der Waals surface area contributed by atoms with Gasteiger partial charge in [0.1, 0.15) is 0 Å². The fourth-order valence-corrected chi connectivity index (χ4v) is 1.95. The van der Waals surface area contributed by atoms with Crippen LogP contribution >= 0.6 is 0 Å². The second-order valence-electron chi connectivity index (χ2n) is 4.83. The molecule has 0 fully saturated rings. The molecule has 0 spiro atoms. The summed E-state index contributed by atoms with van der Waals surface area (Å²) in [4.78, 5) is 12.1. The fourth-order valence-electron chi connectivity index (χ4n) is 1.95. The molecule has 2 N–H and O–H groups in total. The van der Waals surface area contributed by atoms with Crippen LogP contribution in [0.1, 0.15) is 21.5 Å². The maximum atomic E-state index is 12.7. The molecular formula is C16H14F3N3O. The zero-order valence-electron chi connectivity index (χ0n) is 12.2. The summed E-state index contributed by atoms with van der Waals surface area (Å²) in [6.07, 6.45) is -4.49. The lowest BCUT2D eigenvalue weighted by atomic mass is 10.1. The number of hydrogen-bond donors (Lipinski definition) is 2. The largest absolute Gasteiger partial charge is 0.416 e. The van der Waals surface area contributed by atoms with Crippen molar-refractivity contribution < 1.29 is 18.0 Å². The molecule has 2 aromatic rings. The highest BCUT2D eigenvalue weighted by atomic mass is 19.4. The average Bonchev–Trinajstić information content (AvgIpc) is 2.50. The quantitative estimate of drug-likeness (QED) is 0.652. The van der Waals surface area contributed by atoms with Gasteiger partial charge in [0.2, 0.25) is 0 Å². The van der Waals surface area contributed by atoms with Gasteiger partial charge in [-0.25, -0.2) is 0 Å². The average molecular weight is 321 g/mol. The first-order valence-electron chi connectivity index (χ1n) is 6.62. The molecule has 0 bridgehead atoms. The Morgan fingerprint density at radius 3 is 2.57 bits per heavy atom. The van der Waals surface area contributed by atoms with Crippen molar-refractivity contribution in [2.24, 2.45) is 5.10 Å². The Morgan fingerprint density at radius 2 is 1.91 bits per heavy atom. The molecule has 7 heteroatoms. The van der Waals surface area contributed by atoms with Crippen LogP contribution in [0.3, 0.4) is 0 Å². The Kier molecular flexibility index (Phi) is 4.68. The van der Waals surface area contributed by atoms with E-state index in [0.29, 0.717) is 11.4 Å². The molecule has 0 saturated heterocycles. The number of nitrogens with one attached hydrogen (secondary N) is 2. The Balaban J connectivity index is 2.22. The minimum absolute atomic E-state index is 0.0724. The molecule has 1 amide bonds. The van der Waals surface area contributed by atoms with E-state index in [0.717, 1.165) is 17.7 Å². The predicted molar refractivity (Wildman–Crippen MR) is 83.7 cm³/mol. The molecule has 0 saturated carbocycles. The van der Waals surface area contributed by atoms with E-state index in [1.165, 1.54) is 12.1 Å². The number of benzene rings is 2. The van der Waals surface area contributed by atoms with Gasteiger partial charge in [0.05, 0.1) is 11.3 Å². The van der Waals surface area contributed by atoms with E-state index in [1.807, 2.05) is 6.92 Å². The number of hydrogen-bond acceptors (Lipinski definition) is 3. The molecule has 0 aliphatic carbocycles. The molecule has 4 nitrogen and oxygen atoms in total. The van der Waals surface area contributed by atoms with E-state index in [9.17, 15) is 18.0 Å². The smallest absolute Gasteiger partial charge is 0.322 e. The molecule has 0 heterocycles. The lowest BCUT2D eigenvalue weighted by Gasteiger charge is -2.11. The standard InChI is InChI=1S/C16H14F3N3O/c1-10-6-7-13(9-14(10)22-20-2)21-15(23)11-4-3-5-12(8-11)16(17,18)19/h3-9,22H,2H2,1H3,(H,21,23). The van der Waals surface area contributed by atoms with Crippen molar-refractivity contribution in [1.82, 2.24) is 0 Å². The molecule has 0 unspecified atom stereocenters. The summed E-state index contributed by atoms with van der Waals surface area (Å²) in [5.74, 6) is -0.627. The number of alkyl halides is 3. The summed E-state index contributed by atoms with van der Waals surface area (Å²) in [7, 11) is 0. The molecule has 2 aromatic carbocycles. The summed E-state index contributed by atoms with van der Waals surface area (Å²) in [5.41, 5.74) is 3.69. The number of anilines is 2. The third-order valence-corrected chi connectivity index (χ3v) is 3.15. The first-order valence-corrected chi connectivity index (χ1v) is 6.62. The van der Waals surface area contributed by atoms with Crippen LogP contribution in [0.15, 0.2) is 47.6 Å². The number of rotatable bonds is 4. The SMILES string of the molecule is C=NNc1cc(NC(=O)c2cccc(C(F)(F)F)c2)ccc1C. The van der Waals surface area contributed by atoms with Crippen LogP contribution in [0.2, 0.25) is 0 Å². The van der Waals surface area contributed by atoms with Gasteiger partial charge in [0, 0.05) is 18.0 Å². The van der Waals surface area contributed by atoms with Gasteiger partial charge in [-0.05, 0) is 42.8 Å². The molecule has 0 atom stereocenters. The topological polar surface area (TPSA) is 53.5 Å². The molecule has 120 valence electrons. The number of carbonyl (C=O) groups excluding carboxylic acids is 1. The van der Waals surface area contributed by atoms with Gasteiger partial charge in [-0.3, -0.25) is 10.2 Å². The summed E-state index contributed by atoms with van der Waals surface area (Å²) in [6, 6.07) is 9.26. The van der Waals surface area contributed by atoms with E-state index in [1.54, 1.807) is 18.2 Å². The van der Waals surface area contributed by atoms with Crippen molar-refractivity contribution >= 4 is 24.0 Å². The minimum atomic E-state index is -4.49. The summed E-state index contributed by atoms with van der Waals surface area (Å²) in [5, 5.41) is 6.10. The van der Waals surface area contributed by atoms with Gasteiger partial charge in [0.25, 0.3) is 5.91 Å². The second-order valence-corrected chi connectivity index (χ2v) is 4.83. The molecule has 0 radical (unpaired) electrons. The van der Waals surface area contributed by atoms with Gasteiger partial charge in [-0.1, -0.05) is 12.1 Å². The molecule has 2 rings (SSSR count). The third kappa shape index (κ3) is 4.09. The monoisotopic (exact) mass is 321 g/mol. The third-order valence-electron chi connectivity index (χ3n) is 3.15. The Hall–Kier alpha value is -2.83. The van der Waals surface area contributed by atoms with Crippen molar-refractivity contribution in [3.8, 4) is 0 Å². The van der Waals surface area contributed by atoms with Crippen LogP contribution in [0, 0.1) is 6.92 Å². The number of amides is 1. The Bertz CT molecular complexity index is 742. The van der Waals surface area contributed by atoms with Crippen LogP contribution in [0.25, 0.3) is 0 Å². The lowest BCUT2D eigenvalue weighted by Crippen LogP contribution is -2.14. The van der Waals surface area contributed by atoms with Gasteiger partial charge >= 0.3 is 6.18 Å². The van der Waals surface area contributed by atoms with Crippen molar-refractivity contribution in [3.05, 3.63) is 59.2 Å². The van der Waals surface area contributed by atoms with Crippen LogP contribution in [-0.4, -0.2) is 12.6 Å². The zero-order chi connectivity index (χ0) is 17.0. The number of nitrogens with zero attached hydrogens (tertiary/aromatic N) is 1. The summed E-state index contributed by atoms with van der Waals surface area (Å²) < 4.78 is 38.1. The number of halogens is 3. The molecule has 23 heavy (non-hydrogen) atoms. The van der Waals surface area contributed by atoms with E-state index in [2.05, 4.69) is 22.6 Å². The Morgan fingerprint density at radius 1 is 1.17 bits per heavy atom. The Labute approximate surface area is 131 Å². The fraction of sp³-hybridized carbons (Fsp3) is 0.125. The van der Waals surface area contributed by atoms with Crippen molar-refractivity contribution in [2.45, 2.75) is 13.1 Å². The van der Waals surface area contributed by atoms with Crippen LogP contribution < -0.4 is 10.7 Å². The predicted octanol–water partition coefficient (Wildman–Crippen LogP) is 4.29. The highest BCUT2D eigenvalue weighted by molar-refractivity contribution is 6.04. The molecule has 0 aromatic heterocycles. The van der Waals surface area contributed by atoms with Crippen molar-refractivity contribution in [3.63, 3.8) is 0 Å². The minimum Gasteiger partial charge on any atom is -0.322 e. The molecule has 0 aliphatic heterocycles. The highest BCUT2D eigenvalue weighted by Crippen LogP contribution is 2.29. The first-order chi connectivity index (χ1) is 10.8. The van der Waals surface area contributed by atoms with Crippen LogP contribution in [0.4, 0.5) is 24.5 Å². The maximum Gasteiger partial charge on any atom is 0.416 e. The van der Waals surface area contributed by atoms with E-state index in [-0.39, 0.29) is 5.56 Å². The van der Waals surface area contributed by atoms with Crippen molar-refractivity contribution in [1.29, 1.82) is 0 Å². The second kappa shape index (κ2) is 6.51. The number of hydrazone groups is 1. The van der Waals surface area contributed by atoms with E-state index < -0.39 is 17.6 Å². The maximum absolute atomic E-state index is 12.7. The normalized spacial score (nSPS) is 11.0. The molecular weight excluding hydrogens is 307 g/mol. The number of aryl methyl sites for hydroxylation is 1. The van der Waals surface area contributed by atoms with Gasteiger partial charge in [-0.2, -0.15) is 18.3 Å². The van der Waals surface area contributed by atoms with Crippen molar-refractivity contribution in [2.75, 3.05) is 10.7 Å². The number of carbonyl (C=O) groups is 1. The molecule has 0 aliphatic rings. The van der Waals surface area contributed by atoms with Gasteiger partial charge in [0.15, 0.2) is 0 Å².